The molecule has 0 radical (unpaired) electrons. The fourth-order valence-corrected chi connectivity index (χ4v) is 6.90. The summed E-state index contributed by atoms with van der Waals surface area (Å²) >= 11 is 0. The van der Waals surface area contributed by atoms with Crippen molar-refractivity contribution >= 4 is 38.7 Å². The number of benzene rings is 6. The number of aromatic nitrogens is 1. The lowest BCUT2D eigenvalue weighted by molar-refractivity contribution is -0.137. The molecule has 1 aliphatic rings. The van der Waals surface area contributed by atoms with Crippen LogP contribution in [0.15, 0.2) is 115 Å². The molecule has 244 valence electrons. The third-order valence-electron chi connectivity index (χ3n) is 9.14. The van der Waals surface area contributed by atoms with Crippen LogP contribution in [0.5, 0.6) is 17.2 Å². The third kappa shape index (κ3) is 4.71. The van der Waals surface area contributed by atoms with Crippen molar-refractivity contribution in [2.24, 2.45) is 0 Å². The largest absolute Gasteiger partial charge is 0.493 e. The number of nitrogens with zero attached hydrogens (tertiary/aromatic N) is 1. The average Bonchev–Trinajstić information content (AvgIpc) is 3.46. The van der Waals surface area contributed by atoms with Gasteiger partial charge in [0.25, 0.3) is 0 Å². The quantitative estimate of drug-likeness (QED) is 0.172. The van der Waals surface area contributed by atoms with Crippen LogP contribution in [0.25, 0.3) is 44.3 Å². The van der Waals surface area contributed by atoms with E-state index in [0.717, 1.165) is 12.1 Å². The minimum atomic E-state index is -4.57. The molecule has 0 spiro atoms. The summed E-state index contributed by atoms with van der Waals surface area (Å²) in [6, 6.07) is 28.2. The minimum absolute atomic E-state index is 0.350. The highest BCUT2D eigenvalue weighted by atomic mass is 19.4. The Bertz CT molecular complexity index is 2390. The molecule has 0 saturated heterocycles. The van der Waals surface area contributed by atoms with E-state index in [1.807, 2.05) is 47.1 Å². The predicted octanol–water partition coefficient (Wildman–Crippen LogP) is 10.6. The Morgan fingerprint density at radius 1 is 0.673 bits per heavy atom. The summed E-state index contributed by atoms with van der Waals surface area (Å²) in [6.07, 6.45) is -0.889. The van der Waals surface area contributed by atoms with Crippen molar-refractivity contribution in [3.05, 3.63) is 149 Å². The summed E-state index contributed by atoms with van der Waals surface area (Å²) in [4.78, 5) is 0. The number of alkyl halides is 3. The van der Waals surface area contributed by atoms with E-state index in [9.17, 15) is 22.0 Å². The molecule has 7 aromatic rings. The van der Waals surface area contributed by atoms with Crippen LogP contribution in [-0.2, 0) is 11.8 Å². The molecule has 6 aromatic carbocycles. The molecule has 9 heteroatoms. The van der Waals surface area contributed by atoms with Crippen molar-refractivity contribution in [2.75, 3.05) is 14.2 Å². The van der Waals surface area contributed by atoms with Gasteiger partial charge in [-0.1, -0.05) is 48.5 Å². The molecule has 0 saturated carbocycles. The topological polar surface area (TPSA) is 32.6 Å². The lowest BCUT2D eigenvalue weighted by atomic mass is 9.83. The van der Waals surface area contributed by atoms with Gasteiger partial charge >= 0.3 is 6.18 Å². The molecule has 0 fully saturated rings. The molecule has 4 nitrogen and oxygen atoms in total. The zero-order valence-electron chi connectivity index (χ0n) is 26.1. The number of hydrogen-bond acceptors (Lipinski definition) is 3. The number of methoxy groups -OCH3 is 2. The Morgan fingerprint density at radius 3 is 1.84 bits per heavy atom. The second-order valence-electron chi connectivity index (χ2n) is 11.8. The van der Waals surface area contributed by atoms with E-state index in [4.69, 9.17) is 14.2 Å². The van der Waals surface area contributed by atoms with Gasteiger partial charge in [-0.15, -0.1) is 0 Å². The fraction of sp³-hybridized carbons (Fsp3) is 0.100. The summed E-state index contributed by atoms with van der Waals surface area (Å²) in [7, 11) is 3.02. The van der Waals surface area contributed by atoms with Gasteiger partial charge in [-0.2, -0.15) is 13.2 Å². The van der Waals surface area contributed by atoms with Crippen LogP contribution in [-0.4, -0.2) is 18.8 Å². The number of halogens is 5. The van der Waals surface area contributed by atoms with Crippen molar-refractivity contribution in [2.45, 2.75) is 11.8 Å². The summed E-state index contributed by atoms with van der Waals surface area (Å²) in [5, 5.41) is 2.53. The monoisotopic (exact) mass is 663 g/mol. The third-order valence-corrected chi connectivity index (χ3v) is 9.14. The van der Waals surface area contributed by atoms with E-state index < -0.39 is 29.0 Å². The van der Waals surface area contributed by atoms with E-state index in [1.165, 1.54) is 44.6 Å². The summed E-state index contributed by atoms with van der Waals surface area (Å²) in [6.45, 7) is 0. The SMILES string of the molecule is COc1cc2c3c(c4c(c2cc1OC)c1ccc(C(F)(F)F)cc1n4-c1ccccc1)C=CC(c1ccc(F)cc1)(c1ccc(F)cc1)O3. The Labute approximate surface area is 277 Å². The Morgan fingerprint density at radius 2 is 1.27 bits per heavy atom. The minimum Gasteiger partial charge on any atom is -0.493 e. The van der Waals surface area contributed by atoms with Gasteiger partial charge in [0, 0.05) is 38.5 Å². The second kappa shape index (κ2) is 11.1. The molecule has 0 N–H and O–H groups in total. The van der Waals surface area contributed by atoms with Crippen molar-refractivity contribution in [3.8, 4) is 22.9 Å². The molecular weight excluding hydrogens is 637 g/mol. The van der Waals surface area contributed by atoms with Crippen LogP contribution in [0.3, 0.4) is 0 Å². The van der Waals surface area contributed by atoms with E-state index in [1.54, 1.807) is 36.4 Å². The van der Waals surface area contributed by atoms with E-state index in [0.29, 0.717) is 72.2 Å². The Kier molecular flexibility index (Phi) is 6.92. The van der Waals surface area contributed by atoms with Gasteiger partial charge < -0.3 is 18.8 Å². The van der Waals surface area contributed by atoms with Gasteiger partial charge in [-0.3, -0.25) is 0 Å². The second-order valence-corrected chi connectivity index (χ2v) is 11.8. The summed E-state index contributed by atoms with van der Waals surface area (Å²) < 4.78 is 91.2. The molecule has 0 atom stereocenters. The van der Waals surface area contributed by atoms with Crippen LogP contribution in [0, 0.1) is 11.6 Å². The maximum absolute atomic E-state index is 14.2. The average molecular weight is 664 g/mol. The van der Waals surface area contributed by atoms with Crippen molar-refractivity contribution in [3.63, 3.8) is 0 Å². The molecule has 0 amide bonds. The highest BCUT2D eigenvalue weighted by Crippen LogP contribution is 2.52. The normalized spacial score (nSPS) is 13.9. The molecular formula is C40H26F5NO3. The molecule has 2 heterocycles. The first-order chi connectivity index (χ1) is 23.6. The first-order valence-electron chi connectivity index (χ1n) is 15.4. The standard InChI is InChI=1S/C40H26F5NO3/c1-47-34-21-31-32(22-35(34)48-2)38-30(18-19-39(49-38,23-8-13-26(41)14-9-23)24-10-15-27(42)16-11-24)37-36(31)29-17-12-25(40(43,44)45)20-33(29)46(37)28-6-4-3-5-7-28/h3-22H,1-2H3. The van der Waals surface area contributed by atoms with Crippen LogP contribution >= 0.6 is 0 Å². The lowest BCUT2D eigenvalue weighted by Crippen LogP contribution is -2.34. The number of ether oxygens (including phenoxy) is 3. The highest BCUT2D eigenvalue weighted by Gasteiger charge is 2.40. The van der Waals surface area contributed by atoms with Crippen LogP contribution < -0.4 is 14.2 Å². The van der Waals surface area contributed by atoms with Gasteiger partial charge in [0.2, 0.25) is 0 Å². The Hall–Kier alpha value is -5.83. The molecule has 1 aromatic heterocycles. The molecule has 8 rings (SSSR count). The molecule has 0 aliphatic carbocycles. The zero-order chi connectivity index (χ0) is 34.1. The van der Waals surface area contributed by atoms with Gasteiger partial charge in [0.05, 0.1) is 30.8 Å². The first-order valence-corrected chi connectivity index (χ1v) is 15.4. The maximum Gasteiger partial charge on any atom is 0.416 e. The van der Waals surface area contributed by atoms with Crippen molar-refractivity contribution < 1.29 is 36.2 Å². The number of rotatable bonds is 5. The number of hydrogen-bond donors (Lipinski definition) is 0. The predicted molar refractivity (Wildman–Crippen MR) is 180 cm³/mol. The smallest absolute Gasteiger partial charge is 0.416 e. The molecule has 1 aliphatic heterocycles. The molecule has 49 heavy (non-hydrogen) atoms. The Balaban J connectivity index is 1.56. The highest BCUT2D eigenvalue weighted by molar-refractivity contribution is 6.25. The fourth-order valence-electron chi connectivity index (χ4n) is 6.90. The van der Waals surface area contributed by atoms with Crippen molar-refractivity contribution in [1.29, 1.82) is 0 Å². The van der Waals surface area contributed by atoms with E-state index in [2.05, 4.69) is 0 Å². The van der Waals surface area contributed by atoms with Crippen molar-refractivity contribution in [1.82, 2.24) is 4.57 Å². The molecule has 0 bridgehead atoms. The van der Waals surface area contributed by atoms with Crippen LogP contribution in [0.2, 0.25) is 0 Å². The summed E-state index contributed by atoms with van der Waals surface area (Å²) in [5.41, 5.74) is 1.24. The van der Waals surface area contributed by atoms with Gasteiger partial charge in [0.1, 0.15) is 17.4 Å². The van der Waals surface area contributed by atoms with Crippen LogP contribution in [0.1, 0.15) is 22.3 Å². The molecule has 0 unspecified atom stereocenters. The van der Waals surface area contributed by atoms with Gasteiger partial charge in [-0.05, 0) is 78.2 Å². The van der Waals surface area contributed by atoms with Gasteiger partial charge in [0.15, 0.2) is 17.1 Å². The summed E-state index contributed by atoms with van der Waals surface area (Å²) in [5.74, 6) is 0.352. The maximum atomic E-state index is 14.2. The van der Waals surface area contributed by atoms with E-state index >= 15 is 0 Å². The zero-order valence-corrected chi connectivity index (χ0v) is 26.1. The number of para-hydroxylation sites is 1. The van der Waals surface area contributed by atoms with E-state index in [-0.39, 0.29) is 0 Å². The first kappa shape index (κ1) is 30.5. The van der Waals surface area contributed by atoms with Crippen LogP contribution in [0.4, 0.5) is 22.0 Å². The lowest BCUT2D eigenvalue weighted by Gasteiger charge is -2.37. The number of fused-ring (bicyclic) bond motifs is 8. The van der Waals surface area contributed by atoms with Gasteiger partial charge in [-0.25, -0.2) is 8.78 Å².